The molecule has 0 unspecified atom stereocenters. The molecule has 1 aromatic rings. The van der Waals surface area contributed by atoms with Gasteiger partial charge >= 0.3 is 5.97 Å². The number of carbonyl (C=O) groups excluding carboxylic acids is 1. The van der Waals surface area contributed by atoms with Crippen molar-refractivity contribution in [1.29, 1.82) is 0 Å². The van der Waals surface area contributed by atoms with Crippen molar-refractivity contribution in [2.24, 2.45) is 0 Å². The van der Waals surface area contributed by atoms with Gasteiger partial charge in [0.1, 0.15) is 0 Å². The van der Waals surface area contributed by atoms with Gasteiger partial charge in [-0.1, -0.05) is 17.7 Å². The summed E-state index contributed by atoms with van der Waals surface area (Å²) in [6.45, 7) is 2.03. The van der Waals surface area contributed by atoms with Gasteiger partial charge in [-0.05, 0) is 24.6 Å². The average Bonchev–Trinajstić information content (AvgIpc) is 2.15. The molecule has 0 radical (unpaired) electrons. The molecule has 0 atom stereocenters. The highest BCUT2D eigenvalue weighted by Crippen LogP contribution is 2.22. The van der Waals surface area contributed by atoms with Crippen molar-refractivity contribution in [2.75, 3.05) is 12.9 Å². The minimum atomic E-state index is -3.34. The van der Waals surface area contributed by atoms with E-state index in [1.807, 2.05) is 0 Å². The number of rotatable bonds is 4. The third-order valence-corrected chi connectivity index (χ3v) is 3.63. The van der Waals surface area contributed by atoms with Gasteiger partial charge in [0.2, 0.25) is 0 Å². The number of halogens is 1. The normalized spacial score (nSPS) is 11.2. The van der Waals surface area contributed by atoms with Crippen LogP contribution in [0.25, 0.3) is 0 Å². The number of sulfone groups is 1. The Morgan fingerprint density at radius 2 is 2.06 bits per heavy atom. The van der Waals surface area contributed by atoms with Gasteiger partial charge in [-0.15, -0.1) is 0 Å². The smallest absolute Gasteiger partial charge is 0.310 e. The first-order valence-corrected chi connectivity index (χ1v) is 7.25. The summed E-state index contributed by atoms with van der Waals surface area (Å²) in [4.78, 5) is 11.3. The lowest BCUT2D eigenvalue weighted by Gasteiger charge is -2.05. The molecule has 94 valence electrons. The Morgan fingerprint density at radius 1 is 1.41 bits per heavy atom. The molecule has 0 N–H and O–H groups in total. The lowest BCUT2D eigenvalue weighted by molar-refractivity contribution is -0.142. The molecule has 1 aromatic carbocycles. The van der Waals surface area contributed by atoms with Crippen LogP contribution in [0.5, 0.6) is 0 Å². The van der Waals surface area contributed by atoms with Crippen LogP contribution in [0.3, 0.4) is 0 Å². The van der Waals surface area contributed by atoms with Gasteiger partial charge in [0.25, 0.3) is 0 Å². The number of hydrogen-bond acceptors (Lipinski definition) is 4. The summed E-state index contributed by atoms with van der Waals surface area (Å²) < 4.78 is 27.4. The molecule has 0 heterocycles. The van der Waals surface area contributed by atoms with E-state index < -0.39 is 9.84 Å². The SMILES string of the molecule is CCOC(=O)Cc1ccc(S(C)(=O)=O)c(Cl)c1. The average molecular weight is 277 g/mol. The predicted molar refractivity (Wildman–Crippen MR) is 64.9 cm³/mol. The van der Waals surface area contributed by atoms with Crippen molar-refractivity contribution in [2.45, 2.75) is 18.2 Å². The van der Waals surface area contributed by atoms with Crippen LogP contribution in [0.2, 0.25) is 5.02 Å². The van der Waals surface area contributed by atoms with Gasteiger partial charge < -0.3 is 4.74 Å². The third-order valence-electron chi connectivity index (χ3n) is 2.05. The number of ether oxygens (including phenoxy) is 1. The van der Waals surface area contributed by atoms with Gasteiger partial charge in [-0.25, -0.2) is 8.42 Å². The maximum Gasteiger partial charge on any atom is 0.310 e. The first kappa shape index (κ1) is 14.0. The van der Waals surface area contributed by atoms with E-state index in [0.717, 1.165) is 6.26 Å². The highest BCUT2D eigenvalue weighted by atomic mass is 35.5. The number of esters is 1. The van der Waals surface area contributed by atoms with E-state index in [1.165, 1.54) is 12.1 Å². The first-order valence-electron chi connectivity index (χ1n) is 4.98. The van der Waals surface area contributed by atoms with Crippen molar-refractivity contribution < 1.29 is 17.9 Å². The van der Waals surface area contributed by atoms with Crippen molar-refractivity contribution in [1.82, 2.24) is 0 Å². The molecule has 0 aliphatic heterocycles. The maximum absolute atomic E-state index is 11.3. The molecule has 17 heavy (non-hydrogen) atoms. The summed E-state index contributed by atoms with van der Waals surface area (Å²) in [6, 6.07) is 4.42. The largest absolute Gasteiger partial charge is 0.466 e. The molecule has 0 saturated heterocycles. The van der Waals surface area contributed by atoms with E-state index in [9.17, 15) is 13.2 Å². The molecule has 0 bridgehead atoms. The van der Waals surface area contributed by atoms with Crippen molar-refractivity contribution >= 4 is 27.4 Å². The van der Waals surface area contributed by atoms with Crippen LogP contribution in [-0.4, -0.2) is 27.2 Å². The number of benzene rings is 1. The Hall–Kier alpha value is -1.07. The van der Waals surface area contributed by atoms with Gasteiger partial charge in [0.05, 0.1) is 22.9 Å². The Bertz CT molecular complexity index is 522. The maximum atomic E-state index is 11.3. The first-order chi connectivity index (χ1) is 7.84. The molecular weight excluding hydrogens is 264 g/mol. The Morgan fingerprint density at radius 3 is 2.53 bits per heavy atom. The van der Waals surface area contributed by atoms with Crippen LogP contribution in [0.1, 0.15) is 12.5 Å². The summed E-state index contributed by atoms with van der Waals surface area (Å²) in [5, 5.41) is 0.120. The molecule has 0 aliphatic carbocycles. The zero-order valence-electron chi connectivity index (χ0n) is 9.57. The molecule has 0 saturated carbocycles. The van der Waals surface area contributed by atoms with Gasteiger partial charge in [0.15, 0.2) is 9.84 Å². The molecule has 0 spiro atoms. The van der Waals surface area contributed by atoms with Crippen molar-refractivity contribution in [3.63, 3.8) is 0 Å². The van der Waals surface area contributed by atoms with E-state index in [-0.39, 0.29) is 22.3 Å². The highest BCUT2D eigenvalue weighted by Gasteiger charge is 2.13. The molecule has 0 aliphatic rings. The highest BCUT2D eigenvalue weighted by molar-refractivity contribution is 7.90. The van der Waals surface area contributed by atoms with Crippen LogP contribution in [0, 0.1) is 0 Å². The third kappa shape index (κ3) is 4.02. The summed E-state index contributed by atoms with van der Waals surface area (Å²) in [5.41, 5.74) is 0.626. The molecule has 1 rings (SSSR count). The second-order valence-corrected chi connectivity index (χ2v) is 5.91. The fourth-order valence-electron chi connectivity index (χ4n) is 1.33. The monoisotopic (exact) mass is 276 g/mol. The predicted octanol–water partition coefficient (Wildman–Crippen LogP) is 1.85. The molecular formula is C11H13ClO4S. The summed E-state index contributed by atoms with van der Waals surface area (Å²) >= 11 is 5.84. The lowest BCUT2D eigenvalue weighted by atomic mass is 10.1. The number of carbonyl (C=O) groups is 1. The molecule has 4 nitrogen and oxygen atoms in total. The van der Waals surface area contributed by atoms with Crippen LogP contribution in [-0.2, 0) is 25.8 Å². The minimum absolute atomic E-state index is 0.0618. The zero-order valence-corrected chi connectivity index (χ0v) is 11.1. The van der Waals surface area contributed by atoms with Crippen LogP contribution < -0.4 is 0 Å². The summed E-state index contributed by atoms with van der Waals surface area (Å²) in [6.07, 6.45) is 1.16. The van der Waals surface area contributed by atoms with Gasteiger partial charge in [0, 0.05) is 6.26 Å². The minimum Gasteiger partial charge on any atom is -0.466 e. The molecule has 6 heteroatoms. The summed E-state index contributed by atoms with van der Waals surface area (Å²) in [5.74, 6) is -0.365. The van der Waals surface area contributed by atoms with Gasteiger partial charge in [-0.3, -0.25) is 4.79 Å². The Labute approximate surface area is 105 Å². The zero-order chi connectivity index (χ0) is 13.1. The molecule has 0 aromatic heterocycles. The Balaban J connectivity index is 2.94. The van der Waals surface area contributed by atoms with E-state index in [4.69, 9.17) is 16.3 Å². The van der Waals surface area contributed by atoms with Crippen molar-refractivity contribution in [3.05, 3.63) is 28.8 Å². The van der Waals surface area contributed by atoms with E-state index in [2.05, 4.69) is 0 Å². The Kier molecular flexibility index (Phi) is 4.54. The second kappa shape index (κ2) is 5.51. The van der Waals surface area contributed by atoms with E-state index in [1.54, 1.807) is 13.0 Å². The standard InChI is InChI=1S/C11H13ClO4S/c1-3-16-11(13)7-8-4-5-10(9(12)6-8)17(2,14)15/h4-6H,3,7H2,1-2H3. The van der Waals surface area contributed by atoms with Gasteiger partial charge in [-0.2, -0.15) is 0 Å². The quantitative estimate of drug-likeness (QED) is 0.788. The van der Waals surface area contributed by atoms with Crippen LogP contribution in [0.15, 0.2) is 23.1 Å². The lowest BCUT2D eigenvalue weighted by Crippen LogP contribution is -2.08. The number of hydrogen-bond donors (Lipinski definition) is 0. The van der Waals surface area contributed by atoms with Crippen LogP contribution in [0.4, 0.5) is 0 Å². The fraction of sp³-hybridized carbons (Fsp3) is 0.364. The molecule has 0 amide bonds. The van der Waals surface area contributed by atoms with E-state index >= 15 is 0 Å². The van der Waals surface area contributed by atoms with E-state index in [0.29, 0.717) is 12.2 Å². The summed E-state index contributed by atoms with van der Waals surface area (Å²) in [7, 11) is -3.34. The van der Waals surface area contributed by atoms with Crippen molar-refractivity contribution in [3.8, 4) is 0 Å². The molecule has 0 fully saturated rings. The second-order valence-electron chi connectivity index (χ2n) is 3.52. The fourth-order valence-corrected chi connectivity index (χ4v) is 2.69. The topological polar surface area (TPSA) is 60.4 Å². The van der Waals surface area contributed by atoms with Crippen LogP contribution >= 0.6 is 11.6 Å².